The minimum absolute atomic E-state index is 0.0229. The molecule has 2 aromatic rings. The second kappa shape index (κ2) is 5.36. The van der Waals surface area contributed by atoms with Crippen molar-refractivity contribution < 1.29 is 4.79 Å². The normalized spacial score (nSPS) is 21.2. The molecule has 2 nitrogen and oxygen atoms in total. The molecular weight excluding hydrogens is 258 g/mol. The summed E-state index contributed by atoms with van der Waals surface area (Å²) in [5.74, 6) is 0.141. The predicted octanol–water partition coefficient (Wildman–Crippen LogP) is 3.66. The largest absolute Gasteiger partial charge is 0.341 e. The van der Waals surface area contributed by atoms with Crippen LogP contribution < -0.4 is 0 Å². The van der Waals surface area contributed by atoms with Gasteiger partial charge in [0, 0.05) is 24.6 Å². The Morgan fingerprint density at radius 1 is 1.05 bits per heavy atom. The third-order valence-electron chi connectivity index (χ3n) is 4.55. The molecule has 2 aromatic carbocycles. The zero-order chi connectivity index (χ0) is 14.9. The van der Waals surface area contributed by atoms with Crippen molar-refractivity contribution in [2.24, 2.45) is 0 Å². The first-order valence-corrected chi connectivity index (χ1v) is 7.49. The Labute approximate surface area is 126 Å². The summed E-state index contributed by atoms with van der Waals surface area (Å²) in [4.78, 5) is 14.2. The lowest BCUT2D eigenvalue weighted by Crippen LogP contribution is -2.46. The zero-order valence-corrected chi connectivity index (χ0v) is 12.7. The summed E-state index contributed by atoms with van der Waals surface area (Å²) in [6.07, 6.45) is 2.08. The van der Waals surface area contributed by atoms with Crippen molar-refractivity contribution in [3.05, 3.63) is 71.3 Å². The molecule has 0 spiro atoms. The molecule has 1 atom stereocenters. The zero-order valence-electron chi connectivity index (χ0n) is 12.7. The minimum Gasteiger partial charge on any atom is -0.341 e. The molecule has 0 saturated carbocycles. The number of carbonyl (C=O) groups is 1. The van der Waals surface area contributed by atoms with Crippen LogP contribution in [0.25, 0.3) is 0 Å². The standard InChI is InChI=1S/C19H21NO/c1-19(13-12-15-8-4-3-5-9-15)14-20(2)18(21)16-10-6-7-11-17(16)19/h3-11H,12-14H2,1-2H3. The lowest BCUT2D eigenvalue weighted by atomic mass is 9.73. The molecule has 0 bridgehead atoms. The average Bonchev–Trinajstić information content (AvgIpc) is 2.52. The Balaban J connectivity index is 1.90. The second-order valence-corrected chi connectivity index (χ2v) is 6.25. The van der Waals surface area contributed by atoms with E-state index in [4.69, 9.17) is 0 Å². The molecule has 0 N–H and O–H groups in total. The lowest BCUT2D eigenvalue weighted by Gasteiger charge is -2.40. The minimum atomic E-state index is 0.0229. The molecule has 1 heterocycles. The van der Waals surface area contributed by atoms with Crippen LogP contribution in [0, 0.1) is 0 Å². The summed E-state index contributed by atoms with van der Waals surface area (Å²) in [6.45, 7) is 3.06. The smallest absolute Gasteiger partial charge is 0.253 e. The molecule has 0 radical (unpaired) electrons. The number of rotatable bonds is 3. The van der Waals surface area contributed by atoms with E-state index >= 15 is 0 Å². The van der Waals surface area contributed by atoms with Crippen molar-refractivity contribution >= 4 is 5.91 Å². The van der Waals surface area contributed by atoms with Crippen molar-refractivity contribution in [1.82, 2.24) is 4.90 Å². The number of likely N-dealkylation sites (N-methyl/N-ethyl adjacent to an activating group) is 1. The van der Waals surface area contributed by atoms with Gasteiger partial charge in [-0.1, -0.05) is 55.5 Å². The van der Waals surface area contributed by atoms with Crippen molar-refractivity contribution in [3.63, 3.8) is 0 Å². The number of hydrogen-bond donors (Lipinski definition) is 0. The first-order valence-electron chi connectivity index (χ1n) is 7.49. The predicted molar refractivity (Wildman–Crippen MR) is 85.5 cm³/mol. The van der Waals surface area contributed by atoms with Crippen LogP contribution in [0.5, 0.6) is 0 Å². The van der Waals surface area contributed by atoms with Gasteiger partial charge in [0.1, 0.15) is 0 Å². The third-order valence-corrected chi connectivity index (χ3v) is 4.55. The maximum atomic E-state index is 12.3. The Hall–Kier alpha value is -2.09. The molecule has 0 saturated heterocycles. The van der Waals surface area contributed by atoms with E-state index in [2.05, 4.69) is 37.3 Å². The number of nitrogens with zero attached hydrogens (tertiary/aromatic N) is 1. The van der Waals surface area contributed by atoms with E-state index in [1.807, 2.05) is 36.2 Å². The third kappa shape index (κ3) is 2.58. The monoisotopic (exact) mass is 279 g/mol. The van der Waals surface area contributed by atoms with Crippen LogP contribution in [0.15, 0.2) is 54.6 Å². The molecule has 1 unspecified atom stereocenters. The quantitative estimate of drug-likeness (QED) is 0.839. The average molecular weight is 279 g/mol. The van der Waals surface area contributed by atoms with E-state index in [1.54, 1.807) is 0 Å². The first-order chi connectivity index (χ1) is 10.1. The molecule has 21 heavy (non-hydrogen) atoms. The number of aryl methyl sites for hydroxylation is 1. The van der Waals surface area contributed by atoms with Gasteiger partial charge in [0.25, 0.3) is 5.91 Å². The molecule has 0 aliphatic carbocycles. The molecule has 3 rings (SSSR count). The maximum Gasteiger partial charge on any atom is 0.253 e. The highest BCUT2D eigenvalue weighted by Crippen LogP contribution is 2.36. The van der Waals surface area contributed by atoms with Gasteiger partial charge in [-0.15, -0.1) is 0 Å². The Morgan fingerprint density at radius 2 is 1.71 bits per heavy atom. The van der Waals surface area contributed by atoms with Crippen LogP contribution >= 0.6 is 0 Å². The number of amides is 1. The number of hydrogen-bond acceptors (Lipinski definition) is 1. The van der Waals surface area contributed by atoms with E-state index in [-0.39, 0.29) is 11.3 Å². The van der Waals surface area contributed by atoms with E-state index in [0.29, 0.717) is 0 Å². The van der Waals surface area contributed by atoms with E-state index in [9.17, 15) is 4.79 Å². The summed E-state index contributed by atoms with van der Waals surface area (Å²) in [5, 5.41) is 0. The molecular formula is C19H21NO. The van der Waals surface area contributed by atoms with Gasteiger partial charge in [0.2, 0.25) is 0 Å². The van der Waals surface area contributed by atoms with Crippen LogP contribution in [0.1, 0.15) is 34.8 Å². The highest BCUT2D eigenvalue weighted by atomic mass is 16.2. The van der Waals surface area contributed by atoms with Gasteiger partial charge in [-0.3, -0.25) is 4.79 Å². The molecule has 1 amide bonds. The van der Waals surface area contributed by atoms with E-state index in [1.165, 1.54) is 11.1 Å². The lowest BCUT2D eigenvalue weighted by molar-refractivity contribution is 0.0725. The number of fused-ring (bicyclic) bond motifs is 1. The van der Waals surface area contributed by atoms with Crippen LogP contribution in [-0.2, 0) is 11.8 Å². The Kier molecular flexibility index (Phi) is 3.54. The molecule has 1 aliphatic heterocycles. The molecule has 108 valence electrons. The number of benzene rings is 2. The first kappa shape index (κ1) is 13.9. The molecule has 1 aliphatic rings. The van der Waals surface area contributed by atoms with Crippen molar-refractivity contribution in [1.29, 1.82) is 0 Å². The number of carbonyl (C=O) groups excluding carboxylic acids is 1. The topological polar surface area (TPSA) is 20.3 Å². The fraction of sp³-hybridized carbons (Fsp3) is 0.316. The van der Waals surface area contributed by atoms with Gasteiger partial charge in [-0.2, -0.15) is 0 Å². The van der Waals surface area contributed by atoms with Crippen LogP contribution in [0.3, 0.4) is 0 Å². The van der Waals surface area contributed by atoms with Crippen LogP contribution in [0.2, 0.25) is 0 Å². The van der Waals surface area contributed by atoms with Gasteiger partial charge in [-0.05, 0) is 30.0 Å². The fourth-order valence-corrected chi connectivity index (χ4v) is 3.36. The summed E-state index contributed by atoms with van der Waals surface area (Å²) < 4.78 is 0. The van der Waals surface area contributed by atoms with Crippen molar-refractivity contribution in [2.45, 2.75) is 25.2 Å². The summed E-state index contributed by atoms with van der Waals surface area (Å²) in [6, 6.07) is 18.6. The van der Waals surface area contributed by atoms with Gasteiger partial charge in [0.05, 0.1) is 0 Å². The van der Waals surface area contributed by atoms with Gasteiger partial charge < -0.3 is 4.90 Å². The SMILES string of the molecule is CN1CC(C)(CCc2ccccc2)c2ccccc2C1=O. The van der Waals surface area contributed by atoms with Gasteiger partial charge >= 0.3 is 0 Å². The molecule has 0 fully saturated rings. The highest BCUT2D eigenvalue weighted by molar-refractivity contribution is 5.97. The Morgan fingerprint density at radius 3 is 2.48 bits per heavy atom. The van der Waals surface area contributed by atoms with Gasteiger partial charge in [0.15, 0.2) is 0 Å². The summed E-state index contributed by atoms with van der Waals surface area (Å²) in [5.41, 5.74) is 3.44. The molecule has 2 heteroatoms. The highest BCUT2D eigenvalue weighted by Gasteiger charge is 2.37. The van der Waals surface area contributed by atoms with Crippen LogP contribution in [0.4, 0.5) is 0 Å². The van der Waals surface area contributed by atoms with Crippen molar-refractivity contribution in [2.75, 3.05) is 13.6 Å². The van der Waals surface area contributed by atoms with E-state index in [0.717, 1.165) is 24.9 Å². The summed E-state index contributed by atoms with van der Waals surface area (Å²) >= 11 is 0. The van der Waals surface area contributed by atoms with E-state index < -0.39 is 0 Å². The fourth-order valence-electron chi connectivity index (χ4n) is 3.36. The maximum absolute atomic E-state index is 12.3. The second-order valence-electron chi connectivity index (χ2n) is 6.25. The van der Waals surface area contributed by atoms with Gasteiger partial charge in [-0.25, -0.2) is 0 Å². The Bertz CT molecular complexity index is 650. The van der Waals surface area contributed by atoms with Crippen LogP contribution in [-0.4, -0.2) is 24.4 Å². The van der Waals surface area contributed by atoms with Crippen molar-refractivity contribution in [3.8, 4) is 0 Å². The summed E-state index contributed by atoms with van der Waals surface area (Å²) in [7, 11) is 1.90. The molecule has 0 aromatic heterocycles.